The van der Waals surface area contributed by atoms with Crippen LogP contribution in [-0.4, -0.2) is 47.7 Å². The fourth-order valence-electron chi connectivity index (χ4n) is 4.41. The van der Waals surface area contributed by atoms with Crippen molar-refractivity contribution >= 4 is 74.9 Å². The van der Waals surface area contributed by atoms with Crippen molar-refractivity contribution in [1.29, 1.82) is 0 Å². The van der Waals surface area contributed by atoms with Gasteiger partial charge < -0.3 is 18.9 Å². The Bertz CT molecular complexity index is 1170. The van der Waals surface area contributed by atoms with E-state index in [2.05, 4.69) is 112 Å². The van der Waals surface area contributed by atoms with Crippen LogP contribution in [0.25, 0.3) is 11.1 Å². The van der Waals surface area contributed by atoms with Crippen molar-refractivity contribution < 1.29 is 18.9 Å². The molecule has 4 rings (SSSR count). The Morgan fingerprint density at radius 1 is 0.333 bits per heavy atom. The molecule has 0 heterocycles. The van der Waals surface area contributed by atoms with Crippen LogP contribution >= 0.6 is 63.7 Å². The summed E-state index contributed by atoms with van der Waals surface area (Å²) in [6.45, 7) is 2.43. The SMILES string of the molecule is BrCCOc1ccc(C(=C(c2ccc(OCCBr)cc2)c2ccc(OCCBr)cc2)c2ccc(OCCBr)cc2)cc1. The quantitative estimate of drug-likeness (QED) is 0.0834. The Kier molecular flexibility index (Phi) is 13.8. The summed E-state index contributed by atoms with van der Waals surface area (Å²) in [6, 6.07) is 33.2. The zero-order chi connectivity index (χ0) is 29.6. The van der Waals surface area contributed by atoms with Crippen molar-refractivity contribution in [2.75, 3.05) is 47.7 Å². The summed E-state index contributed by atoms with van der Waals surface area (Å²) in [6.07, 6.45) is 0. The third-order valence-corrected chi connectivity index (χ3v) is 7.50. The minimum atomic E-state index is 0.607. The second-order valence-electron chi connectivity index (χ2n) is 9.00. The fourth-order valence-corrected chi connectivity index (χ4v) is 5.06. The fraction of sp³-hybridized carbons (Fsp3) is 0.235. The van der Waals surface area contributed by atoms with Gasteiger partial charge in [0.15, 0.2) is 0 Å². The van der Waals surface area contributed by atoms with Crippen molar-refractivity contribution in [3.8, 4) is 23.0 Å². The van der Waals surface area contributed by atoms with Crippen LogP contribution in [0.2, 0.25) is 0 Å². The van der Waals surface area contributed by atoms with Gasteiger partial charge in [0.2, 0.25) is 0 Å². The summed E-state index contributed by atoms with van der Waals surface area (Å²) in [5.74, 6) is 3.33. The maximum Gasteiger partial charge on any atom is 0.119 e. The van der Waals surface area contributed by atoms with E-state index in [1.807, 2.05) is 48.5 Å². The molecule has 0 bridgehead atoms. The lowest BCUT2D eigenvalue weighted by Crippen LogP contribution is -2.01. The van der Waals surface area contributed by atoms with Gasteiger partial charge in [0.05, 0.1) is 26.4 Å². The first-order valence-electron chi connectivity index (χ1n) is 13.6. The van der Waals surface area contributed by atoms with E-state index in [0.717, 1.165) is 77.7 Å². The zero-order valence-corrected chi connectivity index (χ0v) is 29.4. The molecule has 0 spiro atoms. The Hall–Kier alpha value is -2.26. The molecule has 0 saturated carbocycles. The van der Waals surface area contributed by atoms with E-state index in [-0.39, 0.29) is 0 Å². The molecule has 0 fully saturated rings. The number of hydrogen-bond donors (Lipinski definition) is 0. The van der Waals surface area contributed by atoms with Gasteiger partial charge in [0, 0.05) is 21.3 Å². The third kappa shape index (κ3) is 9.37. The zero-order valence-electron chi connectivity index (χ0n) is 23.0. The lowest BCUT2D eigenvalue weighted by atomic mass is 9.85. The highest BCUT2D eigenvalue weighted by Crippen LogP contribution is 2.39. The van der Waals surface area contributed by atoms with Gasteiger partial charge in [0.25, 0.3) is 0 Å². The number of hydrogen-bond acceptors (Lipinski definition) is 4. The second kappa shape index (κ2) is 17.8. The van der Waals surface area contributed by atoms with Crippen LogP contribution < -0.4 is 18.9 Å². The maximum atomic E-state index is 5.85. The molecule has 0 aromatic heterocycles. The predicted octanol–water partition coefficient (Wildman–Crippen LogP) is 9.79. The summed E-state index contributed by atoms with van der Waals surface area (Å²) < 4.78 is 23.4. The van der Waals surface area contributed by atoms with E-state index in [4.69, 9.17) is 18.9 Å². The first-order valence-corrected chi connectivity index (χ1v) is 18.1. The van der Waals surface area contributed by atoms with Gasteiger partial charge in [-0.2, -0.15) is 0 Å². The highest BCUT2D eigenvalue weighted by Gasteiger charge is 2.17. The van der Waals surface area contributed by atoms with Gasteiger partial charge in [-0.1, -0.05) is 112 Å². The molecule has 4 nitrogen and oxygen atoms in total. The maximum absolute atomic E-state index is 5.85. The molecule has 0 radical (unpaired) electrons. The summed E-state index contributed by atoms with van der Waals surface area (Å²) in [7, 11) is 0. The first kappa shape index (κ1) is 32.6. The highest BCUT2D eigenvalue weighted by molar-refractivity contribution is 9.09. The minimum absolute atomic E-state index is 0.607. The lowest BCUT2D eigenvalue weighted by molar-refractivity contribution is 0.345. The Balaban J connectivity index is 1.90. The average molecular weight is 824 g/mol. The van der Waals surface area contributed by atoms with Crippen molar-refractivity contribution in [2.24, 2.45) is 0 Å². The standard InChI is InChI=1S/C34H32Br4O4/c35-17-21-39-29-9-1-25(2-10-29)33(26-3-11-30(12-4-26)40-22-18-36)34(27-5-13-31(14-6-27)41-23-19-37)28-7-15-32(16-8-28)42-24-20-38/h1-16H,17-24H2. The number of alkyl halides is 4. The smallest absolute Gasteiger partial charge is 0.119 e. The number of benzene rings is 4. The molecule has 8 heteroatoms. The van der Waals surface area contributed by atoms with E-state index in [1.54, 1.807) is 0 Å². The molecular weight excluding hydrogens is 792 g/mol. The van der Waals surface area contributed by atoms with Gasteiger partial charge >= 0.3 is 0 Å². The Morgan fingerprint density at radius 3 is 0.690 bits per heavy atom. The molecule has 0 unspecified atom stereocenters. The van der Waals surface area contributed by atoms with Gasteiger partial charge in [-0.15, -0.1) is 0 Å². The third-order valence-electron chi connectivity index (χ3n) is 6.21. The normalized spacial score (nSPS) is 10.7. The van der Waals surface area contributed by atoms with Crippen LogP contribution in [0.4, 0.5) is 0 Å². The Labute approximate surface area is 281 Å². The van der Waals surface area contributed by atoms with Crippen molar-refractivity contribution in [1.82, 2.24) is 0 Å². The topological polar surface area (TPSA) is 36.9 Å². The van der Waals surface area contributed by atoms with Crippen LogP contribution in [0.5, 0.6) is 23.0 Å². The second-order valence-corrected chi connectivity index (χ2v) is 12.2. The van der Waals surface area contributed by atoms with Crippen molar-refractivity contribution in [3.05, 3.63) is 119 Å². The molecular formula is C34H32Br4O4. The van der Waals surface area contributed by atoms with Crippen LogP contribution in [0.3, 0.4) is 0 Å². The summed E-state index contributed by atoms with van der Waals surface area (Å²) in [4.78, 5) is 0. The number of ether oxygens (including phenoxy) is 4. The monoisotopic (exact) mass is 820 g/mol. The molecule has 42 heavy (non-hydrogen) atoms. The molecule has 4 aromatic rings. The molecule has 0 saturated heterocycles. The van der Waals surface area contributed by atoms with Crippen molar-refractivity contribution in [3.63, 3.8) is 0 Å². The molecule has 0 N–H and O–H groups in total. The molecule has 0 atom stereocenters. The van der Waals surface area contributed by atoms with Gasteiger partial charge in [-0.05, 0) is 81.9 Å². The molecule has 0 aliphatic rings. The van der Waals surface area contributed by atoms with Crippen LogP contribution in [0.15, 0.2) is 97.1 Å². The van der Waals surface area contributed by atoms with Crippen LogP contribution in [-0.2, 0) is 0 Å². The largest absolute Gasteiger partial charge is 0.493 e. The van der Waals surface area contributed by atoms with Gasteiger partial charge in [-0.25, -0.2) is 0 Å². The van der Waals surface area contributed by atoms with Gasteiger partial charge in [0.1, 0.15) is 23.0 Å². The van der Waals surface area contributed by atoms with Crippen LogP contribution in [0.1, 0.15) is 22.3 Å². The molecule has 4 aromatic carbocycles. The Morgan fingerprint density at radius 2 is 0.524 bits per heavy atom. The van der Waals surface area contributed by atoms with Crippen LogP contribution in [0, 0.1) is 0 Å². The van der Waals surface area contributed by atoms with Gasteiger partial charge in [-0.3, -0.25) is 0 Å². The number of halogens is 4. The van der Waals surface area contributed by atoms with E-state index in [9.17, 15) is 0 Å². The summed E-state index contributed by atoms with van der Waals surface area (Å²) >= 11 is 13.7. The van der Waals surface area contributed by atoms with E-state index >= 15 is 0 Å². The average Bonchev–Trinajstić information content (AvgIpc) is 3.04. The highest BCUT2D eigenvalue weighted by atomic mass is 79.9. The van der Waals surface area contributed by atoms with E-state index in [1.165, 1.54) is 0 Å². The van der Waals surface area contributed by atoms with E-state index in [0.29, 0.717) is 26.4 Å². The molecule has 0 aliphatic heterocycles. The van der Waals surface area contributed by atoms with Crippen molar-refractivity contribution in [2.45, 2.75) is 0 Å². The summed E-state index contributed by atoms with van der Waals surface area (Å²) in [5, 5.41) is 3.10. The molecule has 0 amide bonds. The molecule has 0 aliphatic carbocycles. The lowest BCUT2D eigenvalue weighted by Gasteiger charge is -2.19. The van der Waals surface area contributed by atoms with E-state index < -0.39 is 0 Å². The molecule has 220 valence electrons. The predicted molar refractivity (Wildman–Crippen MR) is 188 cm³/mol. The number of rotatable bonds is 16. The minimum Gasteiger partial charge on any atom is -0.493 e. The summed E-state index contributed by atoms with van der Waals surface area (Å²) in [5.41, 5.74) is 6.48. The first-order chi connectivity index (χ1) is 20.7.